The molecule has 2 fully saturated rings. The van der Waals surface area contributed by atoms with Gasteiger partial charge in [0.25, 0.3) is 5.91 Å². The molecule has 1 aliphatic heterocycles. The summed E-state index contributed by atoms with van der Waals surface area (Å²) >= 11 is 6.46. The summed E-state index contributed by atoms with van der Waals surface area (Å²) in [7, 11) is 1.99. The number of nitrogens with zero attached hydrogens (tertiary/aromatic N) is 4. The lowest BCUT2D eigenvalue weighted by molar-refractivity contribution is 0.0917. The van der Waals surface area contributed by atoms with E-state index in [1.165, 1.54) is 10.6 Å². The molecule has 2 aliphatic rings. The molecule has 2 N–H and O–H groups in total. The monoisotopic (exact) mass is 564 g/mol. The zero-order valence-corrected chi connectivity index (χ0v) is 24.0. The Labute approximate surface area is 230 Å². The van der Waals surface area contributed by atoms with E-state index in [4.69, 9.17) is 16.3 Å². The van der Waals surface area contributed by atoms with Crippen molar-refractivity contribution in [3.63, 3.8) is 0 Å². The number of anilines is 2. The first-order valence-electron chi connectivity index (χ1n) is 12.9. The average molecular weight is 565 g/mol. The van der Waals surface area contributed by atoms with Gasteiger partial charge in [-0.1, -0.05) is 18.0 Å². The van der Waals surface area contributed by atoms with Gasteiger partial charge >= 0.3 is 0 Å². The topological polar surface area (TPSA) is 117 Å². The third-order valence-electron chi connectivity index (χ3n) is 7.64. The van der Waals surface area contributed by atoms with E-state index in [1.807, 2.05) is 0 Å². The first kappa shape index (κ1) is 28.5. The first-order valence-corrected chi connectivity index (χ1v) is 15.2. The summed E-state index contributed by atoms with van der Waals surface area (Å²) in [6, 6.07) is 5.27. The van der Waals surface area contributed by atoms with Crippen LogP contribution in [0.15, 0.2) is 24.4 Å². The van der Waals surface area contributed by atoms with Crippen molar-refractivity contribution in [3.8, 4) is 5.75 Å². The largest absolute Gasteiger partial charge is 0.495 e. The fraction of sp³-hybridized carbons (Fsp3) is 0.577. The van der Waals surface area contributed by atoms with Crippen LogP contribution in [0.25, 0.3) is 0 Å². The minimum Gasteiger partial charge on any atom is -0.495 e. The lowest BCUT2D eigenvalue weighted by Gasteiger charge is -2.29. The number of aromatic nitrogens is 2. The van der Waals surface area contributed by atoms with Gasteiger partial charge in [-0.3, -0.25) is 4.79 Å². The smallest absolute Gasteiger partial charge is 0.251 e. The predicted molar refractivity (Wildman–Crippen MR) is 149 cm³/mol. The number of carbonyl (C=O) groups excluding carboxylic acids is 1. The number of amides is 1. The van der Waals surface area contributed by atoms with Crippen molar-refractivity contribution in [1.29, 1.82) is 0 Å². The average Bonchev–Trinajstić information content (AvgIpc) is 3.34. The fourth-order valence-electron chi connectivity index (χ4n) is 5.32. The summed E-state index contributed by atoms with van der Waals surface area (Å²) < 4.78 is 31.2. The SMILES string of the molecule is COc1ccc(C(=O)NC2CCN(C)CC2)cc1Nc1ncc(Cl)c(C[C@@H]2CCC[C@H]2N(C)S(C)(=O)=O)n1. The molecule has 0 radical (unpaired) electrons. The molecule has 2 heterocycles. The van der Waals surface area contributed by atoms with E-state index >= 15 is 0 Å². The highest BCUT2D eigenvalue weighted by Gasteiger charge is 2.35. The van der Waals surface area contributed by atoms with Gasteiger partial charge in [0.15, 0.2) is 0 Å². The number of likely N-dealkylation sites (tertiary alicyclic amines) is 1. The number of carbonyl (C=O) groups is 1. The Morgan fingerprint density at radius 1 is 1.24 bits per heavy atom. The molecule has 2 atom stereocenters. The van der Waals surface area contributed by atoms with Crippen LogP contribution in [0.2, 0.25) is 5.02 Å². The summed E-state index contributed by atoms with van der Waals surface area (Å²) in [6.45, 7) is 1.92. The highest BCUT2D eigenvalue weighted by atomic mass is 35.5. The molecule has 1 saturated heterocycles. The van der Waals surface area contributed by atoms with Crippen LogP contribution in [0.1, 0.15) is 48.2 Å². The summed E-state index contributed by atoms with van der Waals surface area (Å²) in [6.07, 6.45) is 7.82. The lowest BCUT2D eigenvalue weighted by Crippen LogP contribution is -2.43. The Morgan fingerprint density at radius 2 is 1.97 bits per heavy atom. The van der Waals surface area contributed by atoms with Gasteiger partial charge in [0, 0.05) is 24.7 Å². The molecule has 12 heteroatoms. The van der Waals surface area contributed by atoms with Gasteiger partial charge < -0.3 is 20.3 Å². The van der Waals surface area contributed by atoms with Crippen molar-refractivity contribution in [2.45, 2.75) is 50.6 Å². The van der Waals surface area contributed by atoms with E-state index < -0.39 is 10.0 Å². The second-order valence-electron chi connectivity index (χ2n) is 10.3. The molecule has 4 rings (SSSR count). The van der Waals surface area contributed by atoms with Crippen LogP contribution in [0.3, 0.4) is 0 Å². The highest BCUT2D eigenvalue weighted by Crippen LogP contribution is 2.35. The quantitative estimate of drug-likeness (QED) is 0.476. The first-order chi connectivity index (χ1) is 18.0. The van der Waals surface area contributed by atoms with Gasteiger partial charge in [-0.15, -0.1) is 0 Å². The number of ether oxygens (including phenoxy) is 1. The number of rotatable bonds is 9. The molecular formula is C26H37ClN6O4S. The van der Waals surface area contributed by atoms with Crippen molar-refractivity contribution < 1.29 is 17.9 Å². The van der Waals surface area contributed by atoms with Crippen LogP contribution >= 0.6 is 11.6 Å². The molecule has 2 aromatic rings. The molecule has 38 heavy (non-hydrogen) atoms. The molecule has 1 amide bonds. The van der Waals surface area contributed by atoms with E-state index in [0.29, 0.717) is 40.1 Å². The molecule has 1 saturated carbocycles. The Kier molecular flexibility index (Phi) is 9.12. The van der Waals surface area contributed by atoms with E-state index in [9.17, 15) is 13.2 Å². The molecule has 208 valence electrons. The lowest BCUT2D eigenvalue weighted by atomic mass is 9.97. The van der Waals surface area contributed by atoms with Gasteiger partial charge in [0.2, 0.25) is 16.0 Å². The fourth-order valence-corrected chi connectivity index (χ4v) is 6.26. The standard InChI is InChI=1S/C26H37ClN6O4S/c1-32-12-10-19(11-13-32)29-25(34)18-8-9-24(37-3)22(15-18)31-26-28-16-20(27)21(30-26)14-17-6-5-7-23(17)33(2)38(4,35)36/h8-9,15-17,19,23H,5-7,10-14H2,1-4H3,(H,29,34)(H,28,30,31)/t17-,23+/m0/s1. The van der Waals surface area contributed by atoms with Gasteiger partial charge in [0.05, 0.1) is 36.0 Å². The summed E-state index contributed by atoms with van der Waals surface area (Å²) in [5, 5.41) is 6.75. The van der Waals surface area contributed by atoms with Gasteiger partial charge in [-0.25, -0.2) is 22.7 Å². The van der Waals surface area contributed by atoms with Crippen LogP contribution in [-0.2, 0) is 16.4 Å². The maximum Gasteiger partial charge on any atom is 0.251 e. The number of hydrogen-bond donors (Lipinski definition) is 2. The number of nitrogens with one attached hydrogen (secondary N) is 2. The molecule has 0 bridgehead atoms. The third-order valence-corrected chi connectivity index (χ3v) is 9.28. The summed E-state index contributed by atoms with van der Waals surface area (Å²) in [5.41, 5.74) is 1.73. The van der Waals surface area contributed by atoms with Gasteiger partial charge in [0.1, 0.15) is 5.75 Å². The van der Waals surface area contributed by atoms with E-state index in [0.717, 1.165) is 45.2 Å². The predicted octanol–water partition coefficient (Wildman–Crippen LogP) is 3.31. The molecule has 1 aliphatic carbocycles. The van der Waals surface area contributed by atoms with E-state index in [1.54, 1.807) is 38.6 Å². The maximum absolute atomic E-state index is 13.0. The highest BCUT2D eigenvalue weighted by molar-refractivity contribution is 7.88. The van der Waals surface area contributed by atoms with Crippen molar-refractivity contribution in [2.75, 3.05) is 45.9 Å². The molecule has 0 unspecified atom stereocenters. The number of piperidine rings is 1. The Morgan fingerprint density at radius 3 is 2.66 bits per heavy atom. The van der Waals surface area contributed by atoms with Crippen LogP contribution in [0.4, 0.5) is 11.6 Å². The summed E-state index contributed by atoms with van der Waals surface area (Å²) in [5.74, 6) is 0.842. The molecule has 1 aromatic carbocycles. The van der Waals surface area contributed by atoms with Crippen LogP contribution in [-0.4, -0.2) is 86.1 Å². The van der Waals surface area contributed by atoms with Crippen LogP contribution in [0, 0.1) is 5.92 Å². The molecule has 1 aromatic heterocycles. The van der Waals surface area contributed by atoms with Crippen molar-refractivity contribution in [3.05, 3.63) is 40.7 Å². The third kappa shape index (κ3) is 6.93. The van der Waals surface area contributed by atoms with Crippen LogP contribution in [0.5, 0.6) is 5.75 Å². The number of hydrogen-bond acceptors (Lipinski definition) is 8. The maximum atomic E-state index is 13.0. The second kappa shape index (κ2) is 12.1. The number of halogens is 1. The second-order valence-corrected chi connectivity index (χ2v) is 12.8. The molecule has 10 nitrogen and oxygen atoms in total. The Balaban J connectivity index is 1.50. The van der Waals surface area contributed by atoms with Gasteiger partial charge in [-0.2, -0.15) is 0 Å². The Bertz CT molecular complexity index is 1250. The molecular weight excluding hydrogens is 528 g/mol. The van der Waals surface area contributed by atoms with Crippen molar-refractivity contribution >= 4 is 39.2 Å². The van der Waals surface area contributed by atoms with Gasteiger partial charge in [-0.05, 0) is 76.4 Å². The minimum absolute atomic E-state index is 0.0905. The van der Waals surface area contributed by atoms with Crippen molar-refractivity contribution in [2.24, 2.45) is 5.92 Å². The Hall–Kier alpha value is -2.47. The zero-order valence-electron chi connectivity index (χ0n) is 22.4. The van der Waals surface area contributed by atoms with E-state index in [-0.39, 0.29) is 23.9 Å². The zero-order chi connectivity index (χ0) is 27.4. The number of benzene rings is 1. The van der Waals surface area contributed by atoms with Crippen LogP contribution < -0.4 is 15.4 Å². The number of sulfonamides is 1. The number of methoxy groups -OCH3 is 1. The minimum atomic E-state index is -3.29. The van der Waals surface area contributed by atoms with Crippen molar-refractivity contribution in [1.82, 2.24) is 24.5 Å². The normalized spacial score (nSPS) is 21.0. The molecule has 0 spiro atoms. The summed E-state index contributed by atoms with van der Waals surface area (Å²) in [4.78, 5) is 24.2. The van der Waals surface area contributed by atoms with E-state index in [2.05, 4.69) is 32.5 Å².